The quantitative estimate of drug-likeness (QED) is 0.227. The lowest BCUT2D eigenvalue weighted by Crippen LogP contribution is -2.38. The number of amides is 1. The number of benzene rings is 2. The molecule has 0 fully saturated rings. The van der Waals surface area contributed by atoms with E-state index in [1.807, 2.05) is 13.8 Å². The molecule has 0 heterocycles. The van der Waals surface area contributed by atoms with E-state index in [9.17, 15) is 24.3 Å². The standard InChI is InChI=1S/C26H29Cl2NO7/c1-6-35-22-12-17(8-9-18(22)24(32)33)29(14-16-7-10-19(27)20(28)11-16)23(31)13-21(30)25(34)36-26(4,5)15(2)3/h7-12,15H,6,13-14H2,1-5H3,(H,32,33). The number of ether oxygens (including phenoxy) is 2. The molecule has 0 aliphatic carbocycles. The molecule has 0 spiro atoms. The number of hydrogen-bond acceptors (Lipinski definition) is 6. The third kappa shape index (κ3) is 7.45. The summed E-state index contributed by atoms with van der Waals surface area (Å²) in [5.74, 6) is -4.00. The van der Waals surface area contributed by atoms with Crippen LogP contribution < -0.4 is 9.64 Å². The Bertz CT molecular complexity index is 1160. The van der Waals surface area contributed by atoms with Gasteiger partial charge in [0.1, 0.15) is 16.9 Å². The predicted molar refractivity (Wildman–Crippen MR) is 137 cm³/mol. The fraction of sp³-hybridized carbons (Fsp3) is 0.385. The summed E-state index contributed by atoms with van der Waals surface area (Å²) < 4.78 is 10.8. The Morgan fingerprint density at radius 2 is 1.69 bits per heavy atom. The number of carbonyl (C=O) groups is 4. The van der Waals surface area contributed by atoms with Gasteiger partial charge in [0.25, 0.3) is 0 Å². The molecule has 0 atom stereocenters. The molecule has 0 aromatic heterocycles. The first kappa shape index (κ1) is 29.1. The monoisotopic (exact) mass is 537 g/mol. The van der Waals surface area contributed by atoms with Gasteiger partial charge in [0.2, 0.25) is 11.7 Å². The molecular weight excluding hydrogens is 509 g/mol. The smallest absolute Gasteiger partial charge is 0.375 e. The SMILES string of the molecule is CCOc1cc(N(Cc2ccc(Cl)c(Cl)c2)C(=O)CC(=O)C(=O)OC(C)(C)C(C)C)ccc1C(=O)O. The van der Waals surface area contributed by atoms with Crippen molar-refractivity contribution in [3.05, 3.63) is 57.6 Å². The lowest BCUT2D eigenvalue weighted by Gasteiger charge is -2.29. The second-order valence-corrected chi connectivity index (χ2v) is 9.71. The van der Waals surface area contributed by atoms with Crippen molar-refractivity contribution >= 4 is 52.5 Å². The van der Waals surface area contributed by atoms with E-state index in [2.05, 4.69) is 0 Å². The predicted octanol–water partition coefficient (Wildman–Crippen LogP) is 5.56. The van der Waals surface area contributed by atoms with Gasteiger partial charge >= 0.3 is 11.9 Å². The molecule has 194 valence electrons. The summed E-state index contributed by atoms with van der Waals surface area (Å²) in [4.78, 5) is 51.1. The summed E-state index contributed by atoms with van der Waals surface area (Å²) in [5, 5.41) is 10.0. The Balaban J connectivity index is 2.41. The number of Topliss-reactive ketones (excluding diaryl/α,β-unsaturated/α-hetero) is 1. The van der Waals surface area contributed by atoms with Crippen molar-refractivity contribution in [3.8, 4) is 5.75 Å². The van der Waals surface area contributed by atoms with Crippen molar-refractivity contribution in [2.24, 2.45) is 5.92 Å². The molecule has 0 aliphatic heterocycles. The fourth-order valence-corrected chi connectivity index (χ4v) is 3.31. The Kier molecular flexibility index (Phi) is 9.90. The van der Waals surface area contributed by atoms with E-state index >= 15 is 0 Å². The zero-order valence-corrected chi connectivity index (χ0v) is 22.3. The minimum absolute atomic E-state index is 0.0342. The molecule has 8 nitrogen and oxygen atoms in total. The first-order valence-electron chi connectivity index (χ1n) is 11.3. The van der Waals surface area contributed by atoms with Crippen LogP contribution in [0.2, 0.25) is 10.0 Å². The molecule has 2 rings (SSSR count). The largest absolute Gasteiger partial charge is 0.493 e. The molecule has 1 amide bonds. The summed E-state index contributed by atoms with van der Waals surface area (Å²) in [5.41, 5.74) is -0.121. The zero-order valence-electron chi connectivity index (χ0n) is 20.8. The molecule has 0 saturated heterocycles. The Morgan fingerprint density at radius 1 is 1.03 bits per heavy atom. The zero-order chi connectivity index (χ0) is 27.2. The van der Waals surface area contributed by atoms with Crippen LogP contribution in [0.5, 0.6) is 5.75 Å². The third-order valence-corrected chi connectivity index (χ3v) is 6.46. The molecule has 0 saturated carbocycles. The number of carbonyl (C=O) groups excluding carboxylic acids is 3. The van der Waals surface area contributed by atoms with Gasteiger partial charge in [0, 0.05) is 11.8 Å². The van der Waals surface area contributed by atoms with E-state index < -0.39 is 35.7 Å². The number of rotatable bonds is 11. The van der Waals surface area contributed by atoms with Crippen molar-refractivity contribution in [3.63, 3.8) is 0 Å². The van der Waals surface area contributed by atoms with Crippen LogP contribution in [-0.2, 0) is 25.7 Å². The lowest BCUT2D eigenvalue weighted by molar-refractivity contribution is -0.167. The average Bonchev–Trinajstić information content (AvgIpc) is 2.79. The minimum Gasteiger partial charge on any atom is -0.493 e. The summed E-state index contributed by atoms with van der Waals surface area (Å²) in [6, 6.07) is 8.92. The molecule has 36 heavy (non-hydrogen) atoms. The van der Waals surface area contributed by atoms with Crippen LogP contribution >= 0.6 is 23.2 Å². The number of carboxylic acid groups (broad SMARTS) is 1. The van der Waals surface area contributed by atoms with Gasteiger partial charge < -0.3 is 19.5 Å². The Morgan fingerprint density at radius 3 is 2.25 bits per heavy atom. The number of anilines is 1. The number of ketones is 1. The number of hydrogen-bond donors (Lipinski definition) is 1. The molecule has 1 N–H and O–H groups in total. The van der Waals surface area contributed by atoms with E-state index in [4.69, 9.17) is 32.7 Å². The lowest BCUT2D eigenvalue weighted by atomic mass is 9.94. The van der Waals surface area contributed by atoms with Gasteiger partial charge in [-0.3, -0.25) is 9.59 Å². The van der Waals surface area contributed by atoms with Crippen LogP contribution in [0.1, 0.15) is 57.0 Å². The van der Waals surface area contributed by atoms with Gasteiger partial charge in [-0.25, -0.2) is 9.59 Å². The molecule has 0 unspecified atom stereocenters. The number of aromatic carboxylic acids is 1. The van der Waals surface area contributed by atoms with Gasteiger partial charge in [-0.15, -0.1) is 0 Å². The average molecular weight is 538 g/mol. The topological polar surface area (TPSA) is 110 Å². The number of carboxylic acids is 1. The summed E-state index contributed by atoms with van der Waals surface area (Å²) in [7, 11) is 0. The Labute approximate surface area is 220 Å². The van der Waals surface area contributed by atoms with Crippen LogP contribution in [0.15, 0.2) is 36.4 Å². The number of nitrogens with zero attached hydrogens (tertiary/aromatic N) is 1. The van der Waals surface area contributed by atoms with Crippen molar-refractivity contribution < 1.29 is 33.8 Å². The Hall–Kier alpha value is -3.10. The maximum absolute atomic E-state index is 13.3. The highest BCUT2D eigenvalue weighted by Crippen LogP contribution is 2.30. The molecule has 10 heteroatoms. The van der Waals surface area contributed by atoms with Crippen molar-refractivity contribution in [2.75, 3.05) is 11.5 Å². The third-order valence-electron chi connectivity index (χ3n) is 5.72. The van der Waals surface area contributed by atoms with Crippen LogP contribution in [-0.4, -0.2) is 40.9 Å². The van der Waals surface area contributed by atoms with Crippen LogP contribution in [0.3, 0.4) is 0 Å². The first-order valence-corrected chi connectivity index (χ1v) is 12.0. The minimum atomic E-state index is -1.20. The fourth-order valence-electron chi connectivity index (χ4n) is 2.99. The van der Waals surface area contributed by atoms with Crippen LogP contribution in [0.4, 0.5) is 5.69 Å². The van der Waals surface area contributed by atoms with E-state index in [-0.39, 0.29) is 41.1 Å². The van der Waals surface area contributed by atoms with Gasteiger partial charge in [-0.1, -0.05) is 43.1 Å². The first-order chi connectivity index (χ1) is 16.8. The second-order valence-electron chi connectivity index (χ2n) is 8.89. The van der Waals surface area contributed by atoms with Crippen molar-refractivity contribution in [2.45, 2.75) is 53.2 Å². The highest BCUT2D eigenvalue weighted by Gasteiger charge is 2.32. The van der Waals surface area contributed by atoms with E-state index in [1.54, 1.807) is 39.0 Å². The normalized spacial score (nSPS) is 11.2. The highest BCUT2D eigenvalue weighted by molar-refractivity contribution is 6.42. The number of esters is 1. The second kappa shape index (κ2) is 12.2. The maximum atomic E-state index is 13.3. The molecule has 0 radical (unpaired) electrons. The van der Waals surface area contributed by atoms with E-state index in [1.165, 1.54) is 23.1 Å². The molecule has 2 aromatic carbocycles. The van der Waals surface area contributed by atoms with Crippen LogP contribution in [0, 0.1) is 5.92 Å². The van der Waals surface area contributed by atoms with Gasteiger partial charge in [-0.2, -0.15) is 0 Å². The maximum Gasteiger partial charge on any atom is 0.375 e. The summed E-state index contributed by atoms with van der Waals surface area (Å²) >= 11 is 12.1. The van der Waals surface area contributed by atoms with Crippen molar-refractivity contribution in [1.29, 1.82) is 0 Å². The van der Waals surface area contributed by atoms with Gasteiger partial charge in [0.15, 0.2) is 0 Å². The highest BCUT2D eigenvalue weighted by atomic mass is 35.5. The summed E-state index contributed by atoms with van der Waals surface area (Å²) in [6.07, 6.45) is -0.751. The van der Waals surface area contributed by atoms with Crippen LogP contribution in [0.25, 0.3) is 0 Å². The molecular formula is C26H29Cl2NO7. The molecule has 0 aliphatic rings. The number of halogens is 2. The van der Waals surface area contributed by atoms with Gasteiger partial charge in [-0.05, 0) is 56.5 Å². The van der Waals surface area contributed by atoms with E-state index in [0.717, 1.165) is 0 Å². The van der Waals surface area contributed by atoms with E-state index in [0.29, 0.717) is 10.6 Å². The van der Waals surface area contributed by atoms with Gasteiger partial charge in [0.05, 0.1) is 29.6 Å². The summed E-state index contributed by atoms with van der Waals surface area (Å²) in [6.45, 7) is 8.91. The molecule has 0 bridgehead atoms. The molecule has 2 aromatic rings. The van der Waals surface area contributed by atoms with Crippen molar-refractivity contribution in [1.82, 2.24) is 0 Å².